The van der Waals surface area contributed by atoms with Gasteiger partial charge < -0.3 is 5.32 Å². The number of anilines is 1. The molecule has 4 rings (SSSR count). The van der Waals surface area contributed by atoms with Crippen LogP contribution in [0.1, 0.15) is 24.5 Å². The molecule has 0 aromatic heterocycles. The molecule has 3 aromatic rings. The second-order valence-electron chi connectivity index (χ2n) is 6.35. The highest BCUT2D eigenvalue weighted by atomic mass is 14.9. The standard InChI is InChI=1S/C23H21N/c1-17-11-12-19(15-17)22-14-13-18-7-5-6-10-21(18)23(22)16-24-20-8-3-2-4-9-20/h2-11,13-15,24H,12,16H2,1H3. The van der Waals surface area contributed by atoms with Crippen LogP contribution in [0.25, 0.3) is 16.3 Å². The van der Waals surface area contributed by atoms with Gasteiger partial charge in [0, 0.05) is 12.2 Å². The predicted octanol–water partition coefficient (Wildman–Crippen LogP) is 6.19. The van der Waals surface area contributed by atoms with E-state index < -0.39 is 0 Å². The van der Waals surface area contributed by atoms with E-state index >= 15 is 0 Å². The lowest BCUT2D eigenvalue weighted by Crippen LogP contribution is -2.03. The zero-order valence-electron chi connectivity index (χ0n) is 13.9. The highest BCUT2D eigenvalue weighted by Crippen LogP contribution is 2.33. The summed E-state index contributed by atoms with van der Waals surface area (Å²) in [7, 11) is 0. The van der Waals surface area contributed by atoms with E-state index in [-0.39, 0.29) is 0 Å². The van der Waals surface area contributed by atoms with Gasteiger partial charge in [0.25, 0.3) is 0 Å². The molecule has 0 radical (unpaired) electrons. The van der Waals surface area contributed by atoms with Crippen molar-refractivity contribution in [1.82, 2.24) is 0 Å². The summed E-state index contributed by atoms with van der Waals surface area (Å²) in [5.74, 6) is 0. The summed E-state index contributed by atoms with van der Waals surface area (Å²) in [5, 5.41) is 6.22. The Morgan fingerprint density at radius 3 is 2.46 bits per heavy atom. The highest BCUT2D eigenvalue weighted by Gasteiger charge is 2.13. The van der Waals surface area contributed by atoms with E-state index in [0.29, 0.717) is 0 Å². The molecule has 1 N–H and O–H groups in total. The van der Waals surface area contributed by atoms with Crippen LogP contribution in [-0.2, 0) is 6.54 Å². The molecular weight excluding hydrogens is 290 g/mol. The molecule has 0 heterocycles. The Morgan fingerprint density at radius 2 is 1.67 bits per heavy atom. The third kappa shape index (κ3) is 2.85. The van der Waals surface area contributed by atoms with Crippen molar-refractivity contribution in [3.05, 3.63) is 95.6 Å². The van der Waals surface area contributed by atoms with Gasteiger partial charge in [-0.3, -0.25) is 0 Å². The van der Waals surface area contributed by atoms with Crippen LogP contribution in [0.2, 0.25) is 0 Å². The highest BCUT2D eigenvalue weighted by molar-refractivity contribution is 5.91. The quantitative estimate of drug-likeness (QED) is 0.606. The van der Waals surface area contributed by atoms with Gasteiger partial charge in [-0.2, -0.15) is 0 Å². The molecule has 1 aliphatic rings. The van der Waals surface area contributed by atoms with Gasteiger partial charge in [0.2, 0.25) is 0 Å². The third-order valence-corrected chi connectivity index (χ3v) is 4.68. The molecule has 0 saturated carbocycles. The predicted molar refractivity (Wildman–Crippen MR) is 104 cm³/mol. The van der Waals surface area contributed by atoms with Crippen LogP contribution in [0.3, 0.4) is 0 Å². The van der Waals surface area contributed by atoms with E-state index in [9.17, 15) is 0 Å². The number of hydrogen-bond donors (Lipinski definition) is 1. The lowest BCUT2D eigenvalue weighted by Gasteiger charge is -2.16. The topological polar surface area (TPSA) is 12.0 Å². The molecule has 3 aromatic carbocycles. The Kier molecular flexibility index (Phi) is 3.92. The number of fused-ring (bicyclic) bond motifs is 1. The number of para-hydroxylation sites is 1. The second-order valence-corrected chi connectivity index (χ2v) is 6.35. The van der Waals surface area contributed by atoms with E-state index in [0.717, 1.165) is 18.7 Å². The molecular formula is C23H21N. The van der Waals surface area contributed by atoms with Crippen molar-refractivity contribution in [2.75, 3.05) is 5.32 Å². The van der Waals surface area contributed by atoms with E-state index in [2.05, 4.69) is 85.1 Å². The van der Waals surface area contributed by atoms with Crippen LogP contribution in [0.4, 0.5) is 5.69 Å². The van der Waals surface area contributed by atoms with E-state index in [1.54, 1.807) is 0 Å². The Morgan fingerprint density at radius 1 is 0.875 bits per heavy atom. The molecule has 118 valence electrons. The first-order valence-electron chi connectivity index (χ1n) is 8.48. The first-order valence-corrected chi connectivity index (χ1v) is 8.48. The number of rotatable bonds is 4. The summed E-state index contributed by atoms with van der Waals surface area (Å²) in [6, 6.07) is 23.6. The van der Waals surface area contributed by atoms with Crippen molar-refractivity contribution in [1.29, 1.82) is 0 Å². The van der Waals surface area contributed by atoms with Crippen molar-refractivity contribution in [2.45, 2.75) is 19.9 Å². The molecule has 0 atom stereocenters. The molecule has 24 heavy (non-hydrogen) atoms. The molecule has 0 bridgehead atoms. The van der Waals surface area contributed by atoms with Crippen molar-refractivity contribution >= 4 is 22.0 Å². The van der Waals surface area contributed by atoms with Crippen LogP contribution in [0, 0.1) is 0 Å². The van der Waals surface area contributed by atoms with Gasteiger partial charge in [0.05, 0.1) is 0 Å². The summed E-state index contributed by atoms with van der Waals surface area (Å²) in [6.07, 6.45) is 5.65. The van der Waals surface area contributed by atoms with Gasteiger partial charge in [0.1, 0.15) is 0 Å². The van der Waals surface area contributed by atoms with Crippen molar-refractivity contribution < 1.29 is 0 Å². The van der Waals surface area contributed by atoms with Crippen molar-refractivity contribution in [3.8, 4) is 0 Å². The van der Waals surface area contributed by atoms with Crippen molar-refractivity contribution in [2.24, 2.45) is 0 Å². The van der Waals surface area contributed by atoms with Crippen LogP contribution in [0.15, 0.2) is 84.5 Å². The minimum Gasteiger partial charge on any atom is -0.381 e. The average Bonchev–Trinajstić information content (AvgIpc) is 3.06. The number of allylic oxidation sites excluding steroid dienone is 4. The fourth-order valence-corrected chi connectivity index (χ4v) is 3.43. The fourth-order valence-electron chi connectivity index (χ4n) is 3.43. The maximum atomic E-state index is 3.58. The zero-order chi connectivity index (χ0) is 16.4. The van der Waals surface area contributed by atoms with Crippen LogP contribution < -0.4 is 5.32 Å². The molecule has 0 spiro atoms. The van der Waals surface area contributed by atoms with Gasteiger partial charge in [-0.1, -0.05) is 72.3 Å². The molecule has 0 saturated heterocycles. The fraction of sp³-hybridized carbons (Fsp3) is 0.130. The molecule has 0 aliphatic heterocycles. The molecule has 0 amide bonds. The number of hydrogen-bond acceptors (Lipinski definition) is 1. The lowest BCUT2D eigenvalue weighted by molar-refractivity contribution is 1.15. The zero-order valence-corrected chi connectivity index (χ0v) is 13.9. The van der Waals surface area contributed by atoms with Gasteiger partial charge in [-0.15, -0.1) is 0 Å². The summed E-state index contributed by atoms with van der Waals surface area (Å²) in [4.78, 5) is 0. The van der Waals surface area contributed by atoms with Crippen molar-refractivity contribution in [3.63, 3.8) is 0 Å². The summed E-state index contributed by atoms with van der Waals surface area (Å²) in [6.45, 7) is 3.01. The largest absolute Gasteiger partial charge is 0.381 e. The van der Waals surface area contributed by atoms with Crippen LogP contribution in [-0.4, -0.2) is 0 Å². The summed E-state index contributed by atoms with van der Waals surface area (Å²) < 4.78 is 0. The average molecular weight is 311 g/mol. The number of benzene rings is 3. The summed E-state index contributed by atoms with van der Waals surface area (Å²) in [5.41, 5.74) is 6.69. The maximum absolute atomic E-state index is 3.58. The minimum absolute atomic E-state index is 0.830. The molecule has 0 fully saturated rings. The van der Waals surface area contributed by atoms with Crippen LogP contribution >= 0.6 is 0 Å². The van der Waals surface area contributed by atoms with E-state index in [1.165, 1.54) is 33.0 Å². The smallest absolute Gasteiger partial charge is 0.0413 e. The molecule has 1 heteroatoms. The second kappa shape index (κ2) is 6.37. The Balaban J connectivity index is 1.76. The Labute approximate surface area is 143 Å². The van der Waals surface area contributed by atoms with E-state index in [4.69, 9.17) is 0 Å². The SMILES string of the molecule is CC1=CCC(c2ccc3ccccc3c2CNc2ccccc2)=C1. The van der Waals surface area contributed by atoms with Gasteiger partial charge in [-0.25, -0.2) is 0 Å². The molecule has 1 aliphatic carbocycles. The van der Waals surface area contributed by atoms with Gasteiger partial charge in [0.15, 0.2) is 0 Å². The first kappa shape index (κ1) is 14.8. The molecule has 1 nitrogen and oxygen atoms in total. The molecule has 0 unspecified atom stereocenters. The monoisotopic (exact) mass is 311 g/mol. The maximum Gasteiger partial charge on any atom is 0.0413 e. The third-order valence-electron chi connectivity index (χ3n) is 4.68. The number of nitrogens with one attached hydrogen (secondary N) is 1. The van der Waals surface area contributed by atoms with E-state index in [1.807, 2.05) is 6.07 Å². The minimum atomic E-state index is 0.830. The lowest BCUT2D eigenvalue weighted by atomic mass is 9.93. The Bertz CT molecular complexity index is 933. The van der Waals surface area contributed by atoms with Crippen LogP contribution in [0.5, 0.6) is 0 Å². The van der Waals surface area contributed by atoms with Gasteiger partial charge >= 0.3 is 0 Å². The summed E-state index contributed by atoms with van der Waals surface area (Å²) >= 11 is 0. The first-order chi connectivity index (χ1) is 11.8. The van der Waals surface area contributed by atoms with Gasteiger partial charge in [-0.05, 0) is 52.9 Å². The Hall–Kier alpha value is -2.80. The normalized spacial score (nSPS) is 13.7.